The van der Waals surface area contributed by atoms with Crippen molar-refractivity contribution in [3.63, 3.8) is 0 Å². The third-order valence-electron chi connectivity index (χ3n) is 3.97. The lowest BCUT2D eigenvalue weighted by Crippen LogP contribution is -2.22. The summed E-state index contributed by atoms with van der Waals surface area (Å²) in [7, 11) is 0. The number of rotatable bonds is 1. The Morgan fingerprint density at radius 2 is 1.90 bits per heavy atom. The highest BCUT2D eigenvalue weighted by atomic mass is 32.2. The number of allylic oxidation sites excluding steroid dienone is 1. The minimum absolute atomic E-state index is 1.02. The van der Waals surface area contributed by atoms with Crippen LogP contribution in [0.2, 0.25) is 0 Å². The number of thioether (sulfide) groups is 1. The fraction of sp³-hybridized carbons (Fsp3) is 0.294. The molecule has 0 N–H and O–H groups in total. The average Bonchev–Trinajstić information content (AvgIpc) is 3.04. The molecule has 4 rings (SSSR count). The molecule has 0 radical (unpaired) electrons. The van der Waals surface area contributed by atoms with E-state index in [1.54, 1.807) is 11.3 Å². The third-order valence-corrected chi connectivity index (χ3v) is 5.74. The molecule has 0 saturated heterocycles. The highest BCUT2D eigenvalue weighted by Gasteiger charge is 2.33. The monoisotopic (exact) mass is 315 g/mol. The summed E-state index contributed by atoms with van der Waals surface area (Å²) in [5.74, 6) is 1.11. The van der Waals surface area contributed by atoms with Gasteiger partial charge in [0.2, 0.25) is 5.06 Å². The van der Waals surface area contributed by atoms with Crippen LogP contribution in [-0.4, -0.2) is 5.75 Å². The lowest BCUT2D eigenvalue weighted by atomic mass is 10.0. The van der Waals surface area contributed by atoms with Gasteiger partial charge in [0.15, 0.2) is 5.09 Å². The minimum Gasteiger partial charge on any atom is -0.436 e. The molecule has 4 heteroatoms. The Kier molecular flexibility index (Phi) is 3.05. The van der Waals surface area contributed by atoms with Gasteiger partial charge in [0, 0.05) is 12.2 Å². The lowest BCUT2D eigenvalue weighted by Gasteiger charge is -2.32. The van der Waals surface area contributed by atoms with Crippen molar-refractivity contribution >= 4 is 34.5 Å². The first-order chi connectivity index (χ1) is 10.1. The first kappa shape index (κ1) is 13.3. The Bertz CT molecular complexity index is 737. The molecule has 3 heterocycles. The van der Waals surface area contributed by atoms with Crippen molar-refractivity contribution in [2.24, 2.45) is 0 Å². The van der Waals surface area contributed by atoms with Crippen LogP contribution in [-0.2, 0) is 0 Å². The van der Waals surface area contributed by atoms with Crippen molar-refractivity contribution in [3.05, 3.63) is 51.1 Å². The quantitative estimate of drug-likeness (QED) is 0.688. The van der Waals surface area contributed by atoms with Gasteiger partial charge in [0.25, 0.3) is 0 Å². The molecule has 0 unspecified atom stereocenters. The van der Waals surface area contributed by atoms with Gasteiger partial charge in [-0.15, -0.1) is 11.3 Å². The zero-order valence-electron chi connectivity index (χ0n) is 12.4. The molecule has 1 aromatic heterocycles. The van der Waals surface area contributed by atoms with Gasteiger partial charge >= 0.3 is 0 Å². The van der Waals surface area contributed by atoms with Gasteiger partial charge in [-0.2, -0.15) is 0 Å². The van der Waals surface area contributed by atoms with E-state index in [0.29, 0.717) is 0 Å². The van der Waals surface area contributed by atoms with E-state index in [9.17, 15) is 0 Å². The minimum atomic E-state index is 1.02. The standard InChI is InChI=1S/C17H17NOS2/c1-10-8-11(2)15(12(3)9-10)18-13-4-6-20-16(13)19-17-14(18)5-7-21-17/h4,6,8-9H,5,7H2,1-3H3. The summed E-state index contributed by atoms with van der Waals surface area (Å²) in [6.07, 6.45) is 1.07. The van der Waals surface area contributed by atoms with E-state index < -0.39 is 0 Å². The number of thiophene rings is 1. The summed E-state index contributed by atoms with van der Waals surface area (Å²) in [5.41, 5.74) is 7.81. The summed E-state index contributed by atoms with van der Waals surface area (Å²) in [6, 6.07) is 6.71. The molecule has 2 aliphatic rings. The van der Waals surface area contributed by atoms with E-state index in [1.165, 1.54) is 33.8 Å². The van der Waals surface area contributed by atoms with Crippen LogP contribution >= 0.6 is 23.1 Å². The van der Waals surface area contributed by atoms with Crippen LogP contribution in [0.15, 0.2) is 34.4 Å². The van der Waals surface area contributed by atoms with E-state index in [0.717, 1.165) is 22.3 Å². The topological polar surface area (TPSA) is 12.5 Å². The maximum atomic E-state index is 6.07. The van der Waals surface area contributed by atoms with Crippen molar-refractivity contribution in [3.8, 4) is 5.06 Å². The Labute approximate surface area is 133 Å². The number of hydrogen-bond acceptors (Lipinski definition) is 4. The molecule has 108 valence electrons. The fourth-order valence-corrected chi connectivity index (χ4v) is 5.03. The second kappa shape index (κ2) is 4.82. The molecule has 0 bridgehead atoms. The maximum absolute atomic E-state index is 6.07. The second-order valence-corrected chi connectivity index (χ2v) is 7.56. The number of anilines is 2. The van der Waals surface area contributed by atoms with E-state index >= 15 is 0 Å². The number of aryl methyl sites for hydroxylation is 3. The smallest absolute Gasteiger partial charge is 0.205 e. The van der Waals surface area contributed by atoms with Crippen LogP contribution in [0, 0.1) is 20.8 Å². The van der Waals surface area contributed by atoms with Crippen LogP contribution in [0.5, 0.6) is 5.06 Å². The molecule has 2 aromatic rings. The van der Waals surface area contributed by atoms with E-state index in [1.807, 2.05) is 11.8 Å². The number of ether oxygens (including phenoxy) is 1. The van der Waals surface area contributed by atoms with Gasteiger partial charge in [-0.3, -0.25) is 0 Å². The SMILES string of the molecule is Cc1cc(C)c(N2C3=C(Oc4sccc42)SCC3)c(C)c1. The van der Waals surface area contributed by atoms with Gasteiger partial charge in [0.1, 0.15) is 5.69 Å². The Balaban J connectivity index is 1.95. The summed E-state index contributed by atoms with van der Waals surface area (Å²) in [5, 5.41) is 4.22. The number of fused-ring (bicyclic) bond motifs is 1. The van der Waals surface area contributed by atoms with Crippen molar-refractivity contribution < 1.29 is 4.74 Å². The summed E-state index contributed by atoms with van der Waals surface area (Å²) in [4.78, 5) is 2.43. The lowest BCUT2D eigenvalue weighted by molar-refractivity contribution is 0.464. The van der Waals surface area contributed by atoms with Crippen LogP contribution in [0.4, 0.5) is 11.4 Å². The molecule has 0 amide bonds. The van der Waals surface area contributed by atoms with Crippen LogP contribution in [0.25, 0.3) is 0 Å². The summed E-state index contributed by atoms with van der Waals surface area (Å²) < 4.78 is 6.07. The average molecular weight is 315 g/mol. The molecular weight excluding hydrogens is 298 g/mol. The predicted molar refractivity (Wildman–Crippen MR) is 91.8 cm³/mol. The molecular formula is C17H17NOS2. The van der Waals surface area contributed by atoms with E-state index in [4.69, 9.17) is 4.74 Å². The fourth-order valence-electron chi connectivity index (χ4n) is 3.26. The van der Waals surface area contributed by atoms with Gasteiger partial charge in [-0.1, -0.05) is 29.5 Å². The largest absolute Gasteiger partial charge is 0.436 e. The molecule has 21 heavy (non-hydrogen) atoms. The summed E-state index contributed by atoms with van der Waals surface area (Å²) in [6.45, 7) is 6.58. The Morgan fingerprint density at radius 3 is 2.67 bits per heavy atom. The van der Waals surface area contributed by atoms with Crippen LogP contribution in [0.1, 0.15) is 23.1 Å². The Hall–Kier alpha value is -1.39. The zero-order chi connectivity index (χ0) is 14.6. The third kappa shape index (κ3) is 2.00. The van der Waals surface area contributed by atoms with Crippen LogP contribution < -0.4 is 9.64 Å². The molecule has 0 atom stereocenters. The van der Waals surface area contributed by atoms with Gasteiger partial charge in [0.05, 0.1) is 11.4 Å². The zero-order valence-corrected chi connectivity index (χ0v) is 14.0. The number of nitrogens with zero attached hydrogens (tertiary/aromatic N) is 1. The molecule has 0 saturated carbocycles. The molecule has 2 nitrogen and oxygen atoms in total. The molecule has 1 aromatic carbocycles. The predicted octanol–water partition coefficient (Wildman–Crippen LogP) is 5.51. The van der Waals surface area contributed by atoms with Crippen molar-refractivity contribution in [1.82, 2.24) is 0 Å². The molecule has 0 spiro atoms. The van der Waals surface area contributed by atoms with Crippen molar-refractivity contribution in [2.45, 2.75) is 27.2 Å². The van der Waals surface area contributed by atoms with Gasteiger partial charge < -0.3 is 9.64 Å². The number of hydrogen-bond donors (Lipinski definition) is 0. The van der Waals surface area contributed by atoms with Gasteiger partial charge in [-0.05, 0) is 43.3 Å². The first-order valence-electron chi connectivity index (χ1n) is 7.14. The molecule has 0 aliphatic carbocycles. The van der Waals surface area contributed by atoms with Crippen molar-refractivity contribution in [1.29, 1.82) is 0 Å². The van der Waals surface area contributed by atoms with Crippen molar-refractivity contribution in [2.75, 3.05) is 10.7 Å². The Morgan fingerprint density at radius 1 is 1.14 bits per heavy atom. The van der Waals surface area contributed by atoms with Crippen LogP contribution in [0.3, 0.4) is 0 Å². The number of benzene rings is 1. The van der Waals surface area contributed by atoms with E-state index in [-0.39, 0.29) is 0 Å². The second-order valence-electron chi connectivity index (χ2n) is 5.61. The first-order valence-corrected chi connectivity index (χ1v) is 9.01. The highest BCUT2D eigenvalue weighted by Crippen LogP contribution is 2.52. The highest BCUT2D eigenvalue weighted by molar-refractivity contribution is 8.03. The molecule has 2 aliphatic heterocycles. The molecule has 0 fully saturated rings. The van der Waals surface area contributed by atoms with Gasteiger partial charge in [-0.25, -0.2) is 0 Å². The summed E-state index contributed by atoms with van der Waals surface area (Å²) >= 11 is 3.51. The van der Waals surface area contributed by atoms with E-state index in [2.05, 4.69) is 49.3 Å². The normalized spacial score (nSPS) is 16.8. The maximum Gasteiger partial charge on any atom is 0.205 e.